The van der Waals surface area contributed by atoms with Gasteiger partial charge in [0.05, 0.1) is 26.9 Å². The first kappa shape index (κ1) is 17.5. The van der Waals surface area contributed by atoms with Crippen molar-refractivity contribution in [2.45, 2.75) is 12.0 Å². The van der Waals surface area contributed by atoms with Gasteiger partial charge in [-0.05, 0) is 23.8 Å². The molecule has 0 aromatic heterocycles. The quantitative estimate of drug-likeness (QED) is 0.905. The summed E-state index contributed by atoms with van der Waals surface area (Å²) in [5.74, 6) is 0.574. The van der Waals surface area contributed by atoms with Gasteiger partial charge in [-0.25, -0.2) is 0 Å². The molecule has 1 amide bonds. The van der Waals surface area contributed by atoms with E-state index in [1.807, 2.05) is 36.4 Å². The van der Waals surface area contributed by atoms with E-state index in [4.69, 9.17) is 9.47 Å². The maximum absolute atomic E-state index is 12.9. The molecule has 25 heavy (non-hydrogen) atoms. The van der Waals surface area contributed by atoms with Crippen molar-refractivity contribution >= 4 is 5.91 Å². The first-order valence-corrected chi connectivity index (χ1v) is 8.38. The number of hydrogen-bond donors (Lipinski definition) is 1. The molecule has 1 fully saturated rings. The summed E-state index contributed by atoms with van der Waals surface area (Å²) in [7, 11) is 1.58. The molecule has 1 N–H and O–H groups in total. The normalized spacial score (nSPS) is 20.3. The van der Waals surface area contributed by atoms with E-state index in [1.165, 1.54) is 0 Å². The van der Waals surface area contributed by atoms with Crippen LogP contribution in [0.3, 0.4) is 0 Å². The molecule has 2 aromatic rings. The largest absolute Gasteiger partial charge is 0.497 e. The third-order valence-electron chi connectivity index (χ3n) is 4.51. The molecule has 0 radical (unpaired) electrons. The summed E-state index contributed by atoms with van der Waals surface area (Å²) >= 11 is 0. The van der Waals surface area contributed by atoms with Crippen LogP contribution in [0.1, 0.15) is 15.9 Å². The Balaban J connectivity index is 1.77. The van der Waals surface area contributed by atoms with Gasteiger partial charge in [0.25, 0.3) is 5.91 Å². The number of carbonyl (C=O) groups is 1. The van der Waals surface area contributed by atoms with Gasteiger partial charge in [0.2, 0.25) is 0 Å². The number of hydrogen-bond acceptors (Lipinski definition) is 4. The highest BCUT2D eigenvalue weighted by atomic mass is 16.5. The Morgan fingerprint density at radius 2 is 2.04 bits per heavy atom. The molecule has 0 saturated carbocycles. The summed E-state index contributed by atoms with van der Waals surface area (Å²) in [5, 5.41) is 9.97. The zero-order valence-electron chi connectivity index (χ0n) is 14.4. The summed E-state index contributed by atoms with van der Waals surface area (Å²) in [5.41, 5.74) is 0.883. The Hall–Kier alpha value is -2.37. The third kappa shape index (κ3) is 4.00. The standard InChI is InChI=1S/C20H23NO4/c1-24-18-9-5-8-17(12-18)19(23)21-10-11-25-20(14-21,15-22)13-16-6-3-2-4-7-16/h2-9,12,22H,10-11,13-15H2,1H3/t20-/m0/s1. The van der Waals surface area contributed by atoms with Crippen LogP contribution < -0.4 is 4.74 Å². The minimum atomic E-state index is -0.770. The number of ether oxygens (including phenoxy) is 2. The second-order valence-electron chi connectivity index (χ2n) is 6.31. The minimum Gasteiger partial charge on any atom is -0.497 e. The van der Waals surface area contributed by atoms with Crippen LogP contribution in [0.5, 0.6) is 5.75 Å². The number of rotatable bonds is 5. The lowest BCUT2D eigenvalue weighted by molar-refractivity contribution is -0.123. The smallest absolute Gasteiger partial charge is 0.254 e. The molecule has 1 saturated heterocycles. The Morgan fingerprint density at radius 1 is 1.24 bits per heavy atom. The van der Waals surface area contributed by atoms with E-state index in [1.54, 1.807) is 30.2 Å². The number of carbonyl (C=O) groups excluding carboxylic acids is 1. The predicted molar refractivity (Wildman–Crippen MR) is 94.8 cm³/mol. The molecule has 0 bridgehead atoms. The number of nitrogens with zero attached hydrogens (tertiary/aromatic N) is 1. The van der Waals surface area contributed by atoms with Crippen molar-refractivity contribution in [3.63, 3.8) is 0 Å². The van der Waals surface area contributed by atoms with Crippen molar-refractivity contribution in [3.8, 4) is 5.75 Å². The Labute approximate surface area is 147 Å². The maximum Gasteiger partial charge on any atom is 0.254 e. The highest BCUT2D eigenvalue weighted by molar-refractivity contribution is 5.94. The lowest BCUT2D eigenvalue weighted by Gasteiger charge is -2.42. The van der Waals surface area contributed by atoms with Crippen molar-refractivity contribution in [2.24, 2.45) is 0 Å². The zero-order valence-corrected chi connectivity index (χ0v) is 14.4. The van der Waals surface area contributed by atoms with Crippen molar-refractivity contribution in [3.05, 3.63) is 65.7 Å². The van der Waals surface area contributed by atoms with Crippen molar-refractivity contribution in [1.29, 1.82) is 0 Å². The Kier molecular flexibility index (Phi) is 5.36. The van der Waals surface area contributed by atoms with Crippen LogP contribution in [0, 0.1) is 0 Å². The molecule has 0 aliphatic carbocycles. The van der Waals surface area contributed by atoms with Crippen LogP contribution in [0.2, 0.25) is 0 Å². The lowest BCUT2D eigenvalue weighted by Crippen LogP contribution is -2.56. The second kappa shape index (κ2) is 7.68. The van der Waals surface area contributed by atoms with Crippen LogP contribution in [-0.4, -0.2) is 54.9 Å². The summed E-state index contributed by atoms with van der Waals surface area (Å²) < 4.78 is 11.1. The summed E-state index contributed by atoms with van der Waals surface area (Å²) in [6.07, 6.45) is 0.562. The van der Waals surface area contributed by atoms with Crippen LogP contribution in [0.4, 0.5) is 0 Å². The van der Waals surface area contributed by atoms with Crippen molar-refractivity contribution in [1.82, 2.24) is 4.90 Å². The van der Waals surface area contributed by atoms with Gasteiger partial charge in [0.15, 0.2) is 0 Å². The summed E-state index contributed by atoms with van der Waals surface area (Å²) in [6, 6.07) is 17.0. The molecular formula is C20H23NO4. The minimum absolute atomic E-state index is 0.0758. The van der Waals surface area contributed by atoms with Gasteiger partial charge in [0, 0.05) is 18.5 Å². The van der Waals surface area contributed by atoms with E-state index >= 15 is 0 Å². The van der Waals surface area contributed by atoms with Gasteiger partial charge in [-0.3, -0.25) is 4.79 Å². The fourth-order valence-corrected chi connectivity index (χ4v) is 3.18. The Morgan fingerprint density at radius 3 is 2.76 bits per heavy atom. The first-order chi connectivity index (χ1) is 12.2. The van der Waals surface area contributed by atoms with E-state index in [0.717, 1.165) is 5.56 Å². The fraction of sp³-hybridized carbons (Fsp3) is 0.350. The van der Waals surface area contributed by atoms with Gasteiger partial charge in [-0.2, -0.15) is 0 Å². The molecule has 3 rings (SSSR count). The van der Waals surface area contributed by atoms with Crippen LogP contribution in [-0.2, 0) is 11.2 Å². The number of amides is 1. The lowest BCUT2D eigenvalue weighted by atomic mass is 9.93. The molecule has 5 nitrogen and oxygen atoms in total. The third-order valence-corrected chi connectivity index (χ3v) is 4.51. The molecular weight excluding hydrogens is 318 g/mol. The zero-order chi connectivity index (χ0) is 17.7. The number of methoxy groups -OCH3 is 1. The molecule has 132 valence electrons. The maximum atomic E-state index is 12.9. The van der Waals surface area contributed by atoms with Gasteiger partial charge in [0.1, 0.15) is 11.4 Å². The van der Waals surface area contributed by atoms with Crippen molar-refractivity contribution in [2.75, 3.05) is 33.4 Å². The predicted octanol–water partition coefficient (Wildman–Crippen LogP) is 2.14. The molecule has 1 heterocycles. The molecule has 0 spiro atoms. The Bertz CT molecular complexity index is 719. The van der Waals surface area contributed by atoms with E-state index in [9.17, 15) is 9.90 Å². The van der Waals surface area contributed by atoms with Gasteiger partial charge < -0.3 is 19.5 Å². The van der Waals surface area contributed by atoms with Gasteiger partial charge in [-0.15, -0.1) is 0 Å². The first-order valence-electron chi connectivity index (χ1n) is 8.38. The summed E-state index contributed by atoms with van der Waals surface area (Å²) in [6.45, 7) is 1.13. The van der Waals surface area contributed by atoms with E-state index in [2.05, 4.69) is 0 Å². The summed E-state index contributed by atoms with van der Waals surface area (Å²) in [4.78, 5) is 14.6. The number of aliphatic hydroxyl groups is 1. The highest BCUT2D eigenvalue weighted by Crippen LogP contribution is 2.25. The molecule has 2 aromatic carbocycles. The van der Waals surface area contributed by atoms with E-state index in [0.29, 0.717) is 37.4 Å². The van der Waals surface area contributed by atoms with Gasteiger partial charge >= 0.3 is 0 Å². The van der Waals surface area contributed by atoms with Crippen molar-refractivity contribution < 1.29 is 19.4 Å². The molecule has 0 unspecified atom stereocenters. The molecule has 1 aliphatic heterocycles. The van der Waals surface area contributed by atoms with Crippen LogP contribution >= 0.6 is 0 Å². The van der Waals surface area contributed by atoms with Crippen LogP contribution in [0.25, 0.3) is 0 Å². The topological polar surface area (TPSA) is 59.0 Å². The monoisotopic (exact) mass is 341 g/mol. The fourth-order valence-electron chi connectivity index (χ4n) is 3.18. The van der Waals surface area contributed by atoms with E-state index < -0.39 is 5.60 Å². The number of morpholine rings is 1. The molecule has 5 heteroatoms. The number of aliphatic hydroxyl groups excluding tert-OH is 1. The van der Waals surface area contributed by atoms with Gasteiger partial charge in [-0.1, -0.05) is 36.4 Å². The highest BCUT2D eigenvalue weighted by Gasteiger charge is 2.38. The number of benzene rings is 2. The SMILES string of the molecule is COc1cccc(C(=O)N2CCO[C@@](CO)(Cc3ccccc3)C2)c1. The van der Waals surface area contributed by atoms with Crippen LogP contribution in [0.15, 0.2) is 54.6 Å². The molecule has 1 atom stereocenters. The molecule has 1 aliphatic rings. The second-order valence-corrected chi connectivity index (χ2v) is 6.31. The van der Waals surface area contributed by atoms with E-state index in [-0.39, 0.29) is 12.5 Å². The average molecular weight is 341 g/mol. The average Bonchev–Trinajstić information content (AvgIpc) is 2.68.